The van der Waals surface area contributed by atoms with E-state index in [-0.39, 0.29) is 11.1 Å². The monoisotopic (exact) mass is 866 g/mol. The molecule has 0 spiro atoms. The minimum atomic E-state index is 0.111. The quantitative estimate of drug-likeness (QED) is 0.166. The normalized spacial score (nSPS) is 10.8. The van der Waals surface area contributed by atoms with Gasteiger partial charge in [0.15, 0.2) is 0 Å². The zero-order valence-corrected chi connectivity index (χ0v) is 37.4. The van der Waals surface area contributed by atoms with Crippen molar-refractivity contribution < 1.29 is 0 Å². The number of fused-ring (bicyclic) bond motifs is 2. The third kappa shape index (κ3) is 7.37. The molecule has 0 bridgehead atoms. The molecule has 0 unspecified atom stereocenters. The first-order valence-corrected chi connectivity index (χ1v) is 23.1. The van der Waals surface area contributed by atoms with Crippen molar-refractivity contribution in [2.24, 2.45) is 0 Å². The molecule has 0 aliphatic rings. The highest BCUT2D eigenvalue weighted by molar-refractivity contribution is 7.28. The van der Waals surface area contributed by atoms with Crippen molar-refractivity contribution in [3.8, 4) is 66.0 Å². The van der Waals surface area contributed by atoms with E-state index in [1.807, 2.05) is 95.5 Å². The molecule has 4 aromatic heterocycles. The molecular formula is C54H34N4S4. The summed E-state index contributed by atoms with van der Waals surface area (Å²) in [4.78, 5) is 7.10. The van der Waals surface area contributed by atoms with Crippen LogP contribution in [0.4, 0.5) is 0 Å². The average molecular weight is 867 g/mol. The molecule has 9 aromatic rings. The number of thiophene rings is 4. The number of aryl methyl sites for hydroxylation is 4. The van der Waals surface area contributed by atoms with Crippen LogP contribution in [0.5, 0.6) is 0 Å². The summed E-state index contributed by atoms with van der Waals surface area (Å²) in [6, 6.07) is 49.9. The van der Waals surface area contributed by atoms with E-state index in [9.17, 15) is 21.0 Å². The lowest BCUT2D eigenvalue weighted by Crippen LogP contribution is -2.09. The van der Waals surface area contributed by atoms with Crippen LogP contribution >= 0.6 is 45.3 Å². The predicted molar refractivity (Wildman–Crippen MR) is 261 cm³/mol. The van der Waals surface area contributed by atoms with Crippen LogP contribution < -0.4 is 20.9 Å². The molecule has 8 heteroatoms. The highest BCUT2D eigenvalue weighted by Gasteiger charge is 2.25. The van der Waals surface area contributed by atoms with Crippen molar-refractivity contribution >= 4 is 88.8 Å². The Hall–Kier alpha value is -7.14. The Morgan fingerprint density at radius 2 is 0.758 bits per heavy atom. The van der Waals surface area contributed by atoms with Crippen molar-refractivity contribution in [2.45, 2.75) is 27.7 Å². The summed E-state index contributed by atoms with van der Waals surface area (Å²) >= 11 is 7.26. The summed E-state index contributed by atoms with van der Waals surface area (Å²) in [6.45, 7) is 8.90. The summed E-state index contributed by atoms with van der Waals surface area (Å²) in [5, 5.41) is 43.0. The van der Waals surface area contributed by atoms with Crippen LogP contribution in [0, 0.1) is 73.0 Å². The Kier molecular flexibility index (Phi) is 10.9. The molecule has 0 saturated heterocycles. The molecule has 0 fully saturated rings. The first kappa shape index (κ1) is 40.3. The predicted octanol–water partition coefficient (Wildman–Crippen LogP) is 12.2. The van der Waals surface area contributed by atoms with Gasteiger partial charge in [-0.1, -0.05) is 84.9 Å². The Bertz CT molecular complexity index is 3330. The van der Waals surface area contributed by atoms with Crippen molar-refractivity contribution in [1.29, 1.82) is 21.0 Å². The van der Waals surface area contributed by atoms with E-state index in [1.165, 1.54) is 84.2 Å². The van der Waals surface area contributed by atoms with Crippen LogP contribution in [0.15, 0.2) is 121 Å². The summed E-state index contributed by atoms with van der Waals surface area (Å²) < 4.78 is 2.56. The van der Waals surface area contributed by atoms with Crippen LogP contribution in [0.25, 0.3) is 85.2 Å². The van der Waals surface area contributed by atoms with Gasteiger partial charge in [-0.25, -0.2) is 0 Å². The van der Waals surface area contributed by atoms with Gasteiger partial charge in [0.2, 0.25) is 0 Å². The fraction of sp³-hybridized carbons (Fsp3) is 0.0741. The maximum Gasteiger partial charge on any atom is 0.136 e. The van der Waals surface area contributed by atoms with Crippen LogP contribution in [0.1, 0.15) is 32.0 Å². The van der Waals surface area contributed by atoms with E-state index in [1.54, 1.807) is 22.7 Å². The van der Waals surface area contributed by atoms with E-state index < -0.39 is 0 Å². The minimum absolute atomic E-state index is 0.111. The molecule has 0 radical (unpaired) electrons. The summed E-state index contributed by atoms with van der Waals surface area (Å²) in [5.41, 5.74) is 10.3. The van der Waals surface area contributed by atoms with Gasteiger partial charge in [-0.15, -0.1) is 45.3 Å². The third-order valence-electron chi connectivity index (χ3n) is 11.1. The van der Waals surface area contributed by atoms with Gasteiger partial charge in [-0.3, -0.25) is 0 Å². The molecule has 0 N–H and O–H groups in total. The SMILES string of the molecule is Cc1cccc(C)c1-c1c2cc(-c3ccc(C=c4ccc(=C(C#N)C#N)cc4)s3)sc2c(-c2c(C)cccc2C)c2cc(-c3ccc(C=c4ccc(=C(C#N)C#N)cc4)s3)sc12. The van der Waals surface area contributed by atoms with Gasteiger partial charge < -0.3 is 0 Å². The van der Waals surface area contributed by atoms with E-state index in [4.69, 9.17) is 0 Å². The number of hydrogen-bond donors (Lipinski definition) is 0. The van der Waals surface area contributed by atoms with Crippen LogP contribution in [-0.2, 0) is 0 Å². The topological polar surface area (TPSA) is 95.2 Å². The number of nitriles is 4. The Morgan fingerprint density at radius 1 is 0.403 bits per heavy atom. The van der Waals surface area contributed by atoms with Gasteiger partial charge in [0.05, 0.1) is 0 Å². The van der Waals surface area contributed by atoms with Crippen molar-refractivity contribution in [3.63, 3.8) is 0 Å². The van der Waals surface area contributed by atoms with Gasteiger partial charge in [-0.05, 0) is 120 Å². The summed E-state index contributed by atoms with van der Waals surface area (Å²) in [7, 11) is 0. The van der Waals surface area contributed by atoms with Crippen LogP contribution in [-0.4, -0.2) is 0 Å². The van der Waals surface area contributed by atoms with Crippen LogP contribution in [0.2, 0.25) is 0 Å². The minimum Gasteiger partial charge on any atom is -0.192 e. The highest BCUT2D eigenvalue weighted by Crippen LogP contribution is 2.54. The molecule has 62 heavy (non-hydrogen) atoms. The Balaban J connectivity index is 1.25. The van der Waals surface area contributed by atoms with E-state index >= 15 is 0 Å². The molecule has 4 heterocycles. The number of nitrogens with zero attached hydrogens (tertiary/aromatic N) is 4. The second kappa shape index (κ2) is 16.7. The number of rotatable bonds is 6. The maximum atomic E-state index is 9.31. The fourth-order valence-corrected chi connectivity index (χ4v) is 12.7. The van der Waals surface area contributed by atoms with Crippen molar-refractivity contribution in [3.05, 3.63) is 174 Å². The van der Waals surface area contributed by atoms with E-state index in [2.05, 4.69) is 113 Å². The van der Waals surface area contributed by atoms with Gasteiger partial charge >= 0.3 is 0 Å². The zero-order chi connectivity index (χ0) is 43.1. The van der Waals surface area contributed by atoms with Crippen molar-refractivity contribution in [2.75, 3.05) is 0 Å². The molecule has 0 aliphatic carbocycles. The Labute approximate surface area is 375 Å². The average Bonchev–Trinajstić information content (AvgIpc) is 4.10. The first-order chi connectivity index (χ1) is 30.2. The van der Waals surface area contributed by atoms with Crippen molar-refractivity contribution in [1.82, 2.24) is 0 Å². The third-order valence-corrected chi connectivity index (χ3v) is 15.9. The highest BCUT2D eigenvalue weighted by atomic mass is 32.1. The lowest BCUT2D eigenvalue weighted by molar-refractivity contribution is 1.39. The Morgan fingerprint density at radius 3 is 1.10 bits per heavy atom. The van der Waals surface area contributed by atoms with E-state index in [0.717, 1.165) is 20.2 Å². The van der Waals surface area contributed by atoms with Gasteiger partial charge in [0.1, 0.15) is 35.4 Å². The maximum absolute atomic E-state index is 9.31. The lowest BCUT2D eigenvalue weighted by atomic mass is 9.87. The lowest BCUT2D eigenvalue weighted by Gasteiger charge is -2.18. The first-order valence-electron chi connectivity index (χ1n) is 19.8. The molecule has 5 aromatic carbocycles. The van der Waals surface area contributed by atoms with Gasteiger partial charge in [0.25, 0.3) is 0 Å². The molecule has 4 nitrogen and oxygen atoms in total. The number of hydrogen-bond acceptors (Lipinski definition) is 8. The smallest absolute Gasteiger partial charge is 0.136 e. The molecule has 0 aliphatic heterocycles. The standard InChI is InChI=1S/C54H34N4S4/c1-31-7-5-8-32(2)49(31)51-43-25-47(45-21-19-41(59-45)23-35-11-15-37(16-12-35)39(27-55)28-56)62-54(43)52(50-33(3)9-6-10-34(50)4)44-26-48(61-53(44)51)46-22-20-42(60-46)24-36-13-17-38(18-14-36)40(29-57)30-58/h5-26H,1-4H3. The van der Waals surface area contributed by atoms with Gasteiger partial charge in [0, 0.05) is 71.0 Å². The zero-order valence-electron chi connectivity index (χ0n) is 34.1. The molecule has 0 saturated carbocycles. The molecule has 0 atom stereocenters. The molecule has 0 amide bonds. The van der Waals surface area contributed by atoms with E-state index in [0.29, 0.717) is 10.4 Å². The molecule has 294 valence electrons. The summed E-state index contributed by atoms with van der Waals surface area (Å²) in [6.07, 6.45) is 4.30. The number of benzene rings is 5. The summed E-state index contributed by atoms with van der Waals surface area (Å²) in [5.74, 6) is 0. The van der Waals surface area contributed by atoms with Crippen LogP contribution in [0.3, 0.4) is 0 Å². The second-order valence-corrected chi connectivity index (χ2v) is 19.5. The fourth-order valence-electron chi connectivity index (χ4n) is 8.18. The molecular weight excluding hydrogens is 833 g/mol. The molecule has 9 rings (SSSR count). The largest absolute Gasteiger partial charge is 0.192 e. The second-order valence-electron chi connectivity index (χ2n) is 15.1. The van der Waals surface area contributed by atoms with Gasteiger partial charge in [-0.2, -0.15) is 21.0 Å².